The summed E-state index contributed by atoms with van der Waals surface area (Å²) in [7, 11) is 0. The maximum Gasteiger partial charge on any atom is 0.191 e. The first kappa shape index (κ1) is 17.5. The van der Waals surface area contributed by atoms with Gasteiger partial charge in [0.15, 0.2) is 11.0 Å². The van der Waals surface area contributed by atoms with Gasteiger partial charge in [-0.3, -0.25) is 4.79 Å². The molecule has 142 valence electrons. The van der Waals surface area contributed by atoms with E-state index in [1.54, 1.807) is 11.8 Å². The van der Waals surface area contributed by atoms with Crippen molar-refractivity contribution in [2.45, 2.75) is 57.1 Å². The van der Waals surface area contributed by atoms with Crippen molar-refractivity contribution in [3.05, 3.63) is 30.3 Å². The number of Topliss-reactive ketones (excluding diaryl/α,β-unsaturated/α-hetero) is 1. The Hall–Kier alpha value is -1.62. The Kier molecular flexibility index (Phi) is 4.38. The number of benzene rings is 1. The first-order chi connectivity index (χ1) is 13.2. The van der Waals surface area contributed by atoms with E-state index in [1.165, 1.54) is 19.3 Å². The van der Waals surface area contributed by atoms with Crippen LogP contribution in [0.3, 0.4) is 0 Å². The zero-order chi connectivity index (χ0) is 18.4. The molecule has 0 N–H and O–H groups in total. The average molecular weight is 382 g/mol. The molecule has 0 saturated heterocycles. The molecule has 27 heavy (non-hydrogen) atoms. The lowest BCUT2D eigenvalue weighted by Gasteiger charge is -2.56. The van der Waals surface area contributed by atoms with Crippen molar-refractivity contribution in [2.75, 3.05) is 5.75 Å². The van der Waals surface area contributed by atoms with Crippen LogP contribution in [-0.4, -0.2) is 26.3 Å². The summed E-state index contributed by atoms with van der Waals surface area (Å²) in [6, 6.07) is 10.2. The molecule has 0 spiro atoms. The molecular weight excluding hydrogens is 354 g/mol. The van der Waals surface area contributed by atoms with E-state index in [-0.39, 0.29) is 5.41 Å². The molecule has 4 aliphatic rings. The maximum atomic E-state index is 13.3. The van der Waals surface area contributed by atoms with Crippen LogP contribution in [0, 0.1) is 23.2 Å². The fraction of sp³-hybridized carbons (Fsp3) is 0.591. The van der Waals surface area contributed by atoms with Crippen LogP contribution in [0.2, 0.25) is 0 Å². The summed E-state index contributed by atoms with van der Waals surface area (Å²) >= 11 is 1.58. The number of rotatable bonds is 6. The van der Waals surface area contributed by atoms with Gasteiger partial charge in [-0.15, -0.1) is 10.2 Å². The van der Waals surface area contributed by atoms with Gasteiger partial charge >= 0.3 is 0 Å². The minimum Gasteiger partial charge on any atom is -0.302 e. The predicted octanol–water partition coefficient (Wildman–Crippen LogP) is 4.84. The Labute approximate surface area is 165 Å². The zero-order valence-corrected chi connectivity index (χ0v) is 16.8. The molecule has 0 aliphatic heterocycles. The third-order valence-corrected chi connectivity index (χ3v) is 7.99. The monoisotopic (exact) mass is 381 g/mol. The highest BCUT2D eigenvalue weighted by molar-refractivity contribution is 7.99. The van der Waals surface area contributed by atoms with Crippen LogP contribution >= 0.6 is 11.8 Å². The second-order valence-electron chi connectivity index (χ2n) is 8.83. The maximum absolute atomic E-state index is 13.3. The highest BCUT2D eigenvalue weighted by atomic mass is 32.2. The number of hydrogen-bond acceptors (Lipinski definition) is 4. The largest absolute Gasteiger partial charge is 0.302 e. The summed E-state index contributed by atoms with van der Waals surface area (Å²) in [5, 5.41) is 9.68. The van der Waals surface area contributed by atoms with Gasteiger partial charge in [0.2, 0.25) is 0 Å². The van der Waals surface area contributed by atoms with Gasteiger partial charge in [0.05, 0.1) is 5.75 Å². The summed E-state index contributed by atoms with van der Waals surface area (Å²) < 4.78 is 2.13. The smallest absolute Gasteiger partial charge is 0.191 e. The van der Waals surface area contributed by atoms with Crippen molar-refractivity contribution in [1.29, 1.82) is 0 Å². The Balaban J connectivity index is 1.32. The van der Waals surface area contributed by atoms with Crippen LogP contribution in [0.4, 0.5) is 0 Å². The third-order valence-electron chi connectivity index (χ3n) is 7.03. The van der Waals surface area contributed by atoms with Gasteiger partial charge < -0.3 is 4.57 Å². The van der Waals surface area contributed by atoms with Gasteiger partial charge in [0.1, 0.15) is 5.78 Å². The molecule has 1 aromatic carbocycles. The number of thioether (sulfide) groups is 1. The molecule has 4 saturated carbocycles. The van der Waals surface area contributed by atoms with Gasteiger partial charge in [-0.25, -0.2) is 0 Å². The highest BCUT2D eigenvalue weighted by Gasteiger charge is 2.54. The van der Waals surface area contributed by atoms with E-state index >= 15 is 0 Å². The second-order valence-corrected chi connectivity index (χ2v) is 9.77. The molecule has 0 atom stereocenters. The Morgan fingerprint density at radius 1 is 1.07 bits per heavy atom. The molecule has 4 bridgehead atoms. The highest BCUT2D eigenvalue weighted by Crippen LogP contribution is 2.60. The minimum atomic E-state index is -0.0128. The lowest BCUT2D eigenvalue weighted by atomic mass is 9.48. The molecule has 4 aliphatic carbocycles. The van der Waals surface area contributed by atoms with Gasteiger partial charge in [0.25, 0.3) is 0 Å². The molecular formula is C22H27N3OS. The van der Waals surface area contributed by atoms with E-state index < -0.39 is 0 Å². The van der Waals surface area contributed by atoms with E-state index in [4.69, 9.17) is 0 Å². The van der Waals surface area contributed by atoms with Gasteiger partial charge in [-0.2, -0.15) is 0 Å². The van der Waals surface area contributed by atoms with E-state index in [2.05, 4.69) is 33.8 Å². The summed E-state index contributed by atoms with van der Waals surface area (Å²) in [5.74, 6) is 4.35. The topological polar surface area (TPSA) is 47.8 Å². The van der Waals surface area contributed by atoms with Crippen LogP contribution in [0.15, 0.2) is 35.5 Å². The van der Waals surface area contributed by atoms with E-state index in [0.717, 1.165) is 60.1 Å². The van der Waals surface area contributed by atoms with E-state index in [9.17, 15) is 4.79 Å². The van der Waals surface area contributed by atoms with Crippen molar-refractivity contribution in [3.63, 3.8) is 0 Å². The quantitative estimate of drug-likeness (QED) is 0.672. The number of hydrogen-bond donors (Lipinski definition) is 0. The van der Waals surface area contributed by atoms with Crippen LogP contribution < -0.4 is 0 Å². The Morgan fingerprint density at radius 3 is 2.30 bits per heavy atom. The molecule has 0 radical (unpaired) electrons. The SMILES string of the molecule is CCn1c(SCC(=O)C23CC4CC(CC(C4)C2)C3)nnc1-c1ccccc1. The van der Waals surface area contributed by atoms with Gasteiger partial charge in [-0.05, 0) is 63.2 Å². The van der Waals surface area contributed by atoms with Crippen molar-refractivity contribution < 1.29 is 4.79 Å². The van der Waals surface area contributed by atoms with Gasteiger partial charge in [-0.1, -0.05) is 42.1 Å². The number of carbonyl (C=O) groups is 1. The molecule has 6 rings (SSSR count). The summed E-state index contributed by atoms with van der Waals surface area (Å²) in [6.07, 6.45) is 7.58. The van der Waals surface area contributed by atoms with Crippen LogP contribution in [0.1, 0.15) is 45.4 Å². The fourth-order valence-electron chi connectivity index (χ4n) is 6.22. The molecule has 5 heteroatoms. The summed E-state index contributed by atoms with van der Waals surface area (Å²) in [4.78, 5) is 13.3. The standard InChI is InChI=1S/C22H27N3OS/c1-2-25-20(18-6-4-3-5-7-18)23-24-21(25)27-14-19(26)22-11-15-8-16(12-22)10-17(9-15)13-22/h3-7,15-17H,2,8-14H2,1H3. The Morgan fingerprint density at radius 2 is 1.70 bits per heavy atom. The van der Waals surface area contributed by atoms with Crippen molar-refractivity contribution in [3.8, 4) is 11.4 Å². The number of carbonyl (C=O) groups excluding carboxylic acids is 1. The zero-order valence-electron chi connectivity index (χ0n) is 15.9. The lowest BCUT2D eigenvalue weighted by molar-refractivity contribution is -0.141. The summed E-state index contributed by atoms with van der Waals surface area (Å²) in [6.45, 7) is 2.92. The van der Waals surface area contributed by atoms with Crippen molar-refractivity contribution in [2.24, 2.45) is 23.2 Å². The minimum absolute atomic E-state index is 0.0128. The molecule has 0 unspecified atom stereocenters. The number of nitrogens with zero attached hydrogens (tertiary/aromatic N) is 3. The van der Waals surface area contributed by atoms with Crippen molar-refractivity contribution >= 4 is 17.5 Å². The van der Waals surface area contributed by atoms with Crippen LogP contribution in [0.25, 0.3) is 11.4 Å². The molecule has 1 heterocycles. The van der Waals surface area contributed by atoms with Crippen LogP contribution in [0.5, 0.6) is 0 Å². The van der Waals surface area contributed by atoms with Gasteiger partial charge in [0, 0.05) is 17.5 Å². The molecule has 4 fully saturated rings. The molecule has 1 aromatic heterocycles. The first-order valence-corrected chi connectivity index (χ1v) is 11.3. The second kappa shape index (κ2) is 6.77. The number of aromatic nitrogens is 3. The van der Waals surface area contributed by atoms with Crippen LogP contribution in [-0.2, 0) is 11.3 Å². The lowest BCUT2D eigenvalue weighted by Crippen LogP contribution is -2.50. The molecule has 4 nitrogen and oxygen atoms in total. The molecule has 0 amide bonds. The fourth-order valence-corrected chi connectivity index (χ4v) is 7.25. The Bertz CT molecular complexity index is 809. The first-order valence-electron chi connectivity index (χ1n) is 10.3. The molecule has 2 aromatic rings. The third kappa shape index (κ3) is 3.04. The van der Waals surface area contributed by atoms with Crippen molar-refractivity contribution in [1.82, 2.24) is 14.8 Å². The van der Waals surface area contributed by atoms with E-state index in [0.29, 0.717) is 11.5 Å². The number of ketones is 1. The summed E-state index contributed by atoms with van der Waals surface area (Å²) in [5.41, 5.74) is 1.06. The predicted molar refractivity (Wildman–Crippen MR) is 107 cm³/mol. The van der Waals surface area contributed by atoms with E-state index in [1.807, 2.05) is 18.2 Å². The normalized spacial score (nSPS) is 31.4. The average Bonchev–Trinajstić information content (AvgIpc) is 3.08.